The fourth-order valence-corrected chi connectivity index (χ4v) is 2.01. The Labute approximate surface area is 119 Å². The van der Waals surface area contributed by atoms with Gasteiger partial charge < -0.3 is 0 Å². The van der Waals surface area contributed by atoms with Crippen molar-refractivity contribution in [3.05, 3.63) is 30.1 Å². The standard InChI is InChI=1S/C14H12FN3O3/c15-10-3-1-2-4-11(10)18-13(20)9(7-16-8-5-6-8)12(19)17-14(18)21/h1-4,7-9H,5-6H2,(H,17,19,21)/t9-/m0/s1. The summed E-state index contributed by atoms with van der Waals surface area (Å²) in [6.07, 6.45) is 3.10. The Hall–Kier alpha value is -2.57. The van der Waals surface area contributed by atoms with E-state index in [0.717, 1.165) is 18.9 Å². The minimum Gasteiger partial charge on any atom is -0.293 e. The molecule has 3 rings (SSSR count). The lowest BCUT2D eigenvalue weighted by molar-refractivity contribution is -0.131. The van der Waals surface area contributed by atoms with Crippen LogP contribution in [0.4, 0.5) is 14.9 Å². The van der Waals surface area contributed by atoms with Crippen molar-refractivity contribution in [3.63, 3.8) is 0 Å². The van der Waals surface area contributed by atoms with Gasteiger partial charge in [-0.3, -0.25) is 19.9 Å². The van der Waals surface area contributed by atoms with E-state index in [-0.39, 0.29) is 11.7 Å². The zero-order valence-electron chi connectivity index (χ0n) is 11.0. The monoisotopic (exact) mass is 289 g/mol. The van der Waals surface area contributed by atoms with Gasteiger partial charge in [-0.25, -0.2) is 14.1 Å². The molecule has 108 valence electrons. The molecule has 1 atom stereocenters. The van der Waals surface area contributed by atoms with Crippen molar-refractivity contribution in [2.75, 3.05) is 4.90 Å². The number of imide groups is 2. The molecule has 1 saturated heterocycles. The maximum Gasteiger partial charge on any atom is 0.335 e. The Kier molecular flexibility index (Phi) is 3.25. The molecule has 0 spiro atoms. The number of aliphatic imine (C=N–C) groups is 1. The summed E-state index contributed by atoms with van der Waals surface area (Å²) >= 11 is 0. The third kappa shape index (κ3) is 2.54. The van der Waals surface area contributed by atoms with E-state index in [1.807, 2.05) is 5.32 Å². The molecule has 0 bridgehead atoms. The summed E-state index contributed by atoms with van der Waals surface area (Å²) in [6.45, 7) is 0. The lowest BCUT2D eigenvalue weighted by Crippen LogP contribution is -2.59. The summed E-state index contributed by atoms with van der Waals surface area (Å²) < 4.78 is 13.8. The Balaban J connectivity index is 1.92. The highest BCUT2D eigenvalue weighted by molar-refractivity contribution is 6.32. The summed E-state index contributed by atoms with van der Waals surface area (Å²) in [7, 11) is 0. The van der Waals surface area contributed by atoms with Crippen molar-refractivity contribution in [1.82, 2.24) is 5.32 Å². The SMILES string of the molecule is O=C1NC(=O)N(c2ccccc2F)C(=O)[C@H]1C=NC1CC1. The first kappa shape index (κ1) is 13.4. The fraction of sp³-hybridized carbons (Fsp3) is 0.286. The fourth-order valence-electron chi connectivity index (χ4n) is 2.01. The number of nitrogens with zero attached hydrogens (tertiary/aromatic N) is 2. The smallest absolute Gasteiger partial charge is 0.293 e. The normalized spacial score (nSPS) is 22.8. The van der Waals surface area contributed by atoms with E-state index < -0.39 is 29.6 Å². The number of nitrogens with one attached hydrogen (secondary N) is 1. The number of carbonyl (C=O) groups excluding carboxylic acids is 3. The average molecular weight is 289 g/mol. The molecular weight excluding hydrogens is 277 g/mol. The van der Waals surface area contributed by atoms with Crippen LogP contribution >= 0.6 is 0 Å². The van der Waals surface area contributed by atoms with E-state index in [9.17, 15) is 18.8 Å². The molecular formula is C14H12FN3O3. The predicted octanol–water partition coefficient (Wildman–Crippen LogP) is 1.26. The van der Waals surface area contributed by atoms with Gasteiger partial charge in [0, 0.05) is 12.3 Å². The molecule has 21 heavy (non-hydrogen) atoms. The van der Waals surface area contributed by atoms with Crippen LogP contribution in [0.3, 0.4) is 0 Å². The molecule has 1 saturated carbocycles. The number of barbiturate groups is 1. The van der Waals surface area contributed by atoms with Crippen LogP contribution in [-0.4, -0.2) is 30.1 Å². The van der Waals surface area contributed by atoms with Gasteiger partial charge in [-0.2, -0.15) is 0 Å². The van der Waals surface area contributed by atoms with Gasteiger partial charge in [0.05, 0.1) is 5.69 Å². The predicted molar refractivity (Wildman–Crippen MR) is 72.4 cm³/mol. The molecule has 0 aromatic heterocycles. The molecule has 1 aromatic rings. The molecule has 1 aromatic carbocycles. The van der Waals surface area contributed by atoms with Crippen LogP contribution in [0.25, 0.3) is 0 Å². The number of hydrogen-bond acceptors (Lipinski definition) is 4. The summed E-state index contributed by atoms with van der Waals surface area (Å²) in [4.78, 5) is 40.6. The second-order valence-electron chi connectivity index (χ2n) is 4.93. The molecule has 7 heteroatoms. The van der Waals surface area contributed by atoms with Gasteiger partial charge in [0.25, 0.3) is 5.91 Å². The van der Waals surface area contributed by atoms with Crippen molar-refractivity contribution in [2.45, 2.75) is 18.9 Å². The summed E-state index contributed by atoms with van der Waals surface area (Å²) in [5.41, 5.74) is -0.183. The van der Waals surface area contributed by atoms with E-state index in [0.29, 0.717) is 4.90 Å². The molecule has 0 radical (unpaired) electrons. The summed E-state index contributed by atoms with van der Waals surface area (Å²) in [6, 6.07) is 4.58. The lowest BCUT2D eigenvalue weighted by Gasteiger charge is -2.28. The highest BCUT2D eigenvalue weighted by Gasteiger charge is 2.41. The summed E-state index contributed by atoms with van der Waals surface area (Å²) in [5, 5.41) is 2.05. The number of hydrogen-bond donors (Lipinski definition) is 1. The van der Waals surface area contributed by atoms with Crippen LogP contribution in [0.5, 0.6) is 0 Å². The molecule has 1 aliphatic heterocycles. The van der Waals surface area contributed by atoms with Crippen molar-refractivity contribution in [1.29, 1.82) is 0 Å². The van der Waals surface area contributed by atoms with Gasteiger partial charge >= 0.3 is 6.03 Å². The van der Waals surface area contributed by atoms with Crippen LogP contribution in [0.15, 0.2) is 29.3 Å². The van der Waals surface area contributed by atoms with Crippen LogP contribution < -0.4 is 10.2 Å². The molecule has 1 aliphatic carbocycles. The van der Waals surface area contributed by atoms with E-state index in [2.05, 4.69) is 4.99 Å². The van der Waals surface area contributed by atoms with Crippen molar-refractivity contribution < 1.29 is 18.8 Å². The molecule has 6 nitrogen and oxygen atoms in total. The highest BCUT2D eigenvalue weighted by atomic mass is 19.1. The Morgan fingerprint density at radius 3 is 2.62 bits per heavy atom. The summed E-state index contributed by atoms with van der Waals surface area (Å²) in [5.74, 6) is -3.45. The second kappa shape index (κ2) is 5.08. The first-order valence-corrected chi connectivity index (χ1v) is 6.54. The Morgan fingerprint density at radius 1 is 1.24 bits per heavy atom. The minimum atomic E-state index is -1.21. The van der Waals surface area contributed by atoms with E-state index in [4.69, 9.17) is 0 Å². The molecule has 2 fully saturated rings. The number of amides is 4. The lowest BCUT2D eigenvalue weighted by atomic mass is 10.1. The number of para-hydroxylation sites is 1. The average Bonchev–Trinajstić information content (AvgIpc) is 3.24. The van der Waals surface area contributed by atoms with Crippen LogP contribution in [0.2, 0.25) is 0 Å². The first-order valence-electron chi connectivity index (χ1n) is 6.54. The van der Waals surface area contributed by atoms with Crippen LogP contribution in [0, 0.1) is 11.7 Å². The largest absolute Gasteiger partial charge is 0.335 e. The Bertz CT molecular complexity index is 655. The zero-order chi connectivity index (χ0) is 15.0. The maximum atomic E-state index is 13.8. The molecule has 1 N–H and O–H groups in total. The van der Waals surface area contributed by atoms with Crippen molar-refractivity contribution in [3.8, 4) is 0 Å². The van der Waals surface area contributed by atoms with Crippen LogP contribution in [-0.2, 0) is 9.59 Å². The quantitative estimate of drug-likeness (QED) is 0.672. The number of benzene rings is 1. The number of halogens is 1. The third-order valence-corrected chi connectivity index (χ3v) is 3.29. The third-order valence-electron chi connectivity index (χ3n) is 3.29. The van der Waals surface area contributed by atoms with Gasteiger partial charge in [-0.05, 0) is 25.0 Å². The van der Waals surface area contributed by atoms with E-state index >= 15 is 0 Å². The van der Waals surface area contributed by atoms with Gasteiger partial charge in [0.15, 0.2) is 5.92 Å². The van der Waals surface area contributed by atoms with Gasteiger partial charge in [0.1, 0.15) is 5.82 Å². The van der Waals surface area contributed by atoms with Crippen molar-refractivity contribution in [2.24, 2.45) is 10.9 Å². The maximum absolute atomic E-state index is 13.8. The molecule has 2 aliphatic rings. The van der Waals surface area contributed by atoms with Gasteiger partial charge in [-0.1, -0.05) is 12.1 Å². The molecule has 4 amide bonds. The number of anilines is 1. The minimum absolute atomic E-state index is 0.144. The number of urea groups is 1. The second-order valence-corrected chi connectivity index (χ2v) is 4.93. The highest BCUT2D eigenvalue weighted by Crippen LogP contribution is 2.25. The first-order chi connectivity index (χ1) is 10.1. The number of rotatable bonds is 3. The zero-order valence-corrected chi connectivity index (χ0v) is 11.0. The molecule has 1 heterocycles. The van der Waals surface area contributed by atoms with Crippen molar-refractivity contribution >= 4 is 29.7 Å². The topological polar surface area (TPSA) is 78.8 Å². The van der Waals surface area contributed by atoms with Gasteiger partial charge in [-0.15, -0.1) is 0 Å². The van der Waals surface area contributed by atoms with Gasteiger partial charge in [0.2, 0.25) is 5.91 Å². The number of carbonyl (C=O) groups is 3. The molecule has 0 unspecified atom stereocenters. The Morgan fingerprint density at radius 2 is 1.95 bits per heavy atom. The van der Waals surface area contributed by atoms with E-state index in [1.165, 1.54) is 24.4 Å². The van der Waals surface area contributed by atoms with E-state index in [1.54, 1.807) is 0 Å². The van der Waals surface area contributed by atoms with Crippen LogP contribution in [0.1, 0.15) is 12.8 Å².